The van der Waals surface area contributed by atoms with Gasteiger partial charge in [0.1, 0.15) is 0 Å². The molecule has 0 unspecified atom stereocenters. The summed E-state index contributed by atoms with van der Waals surface area (Å²) in [5.41, 5.74) is 5.05. The fraction of sp³-hybridized carbons (Fsp3) is 0.400. The van der Waals surface area contributed by atoms with Gasteiger partial charge in [0.15, 0.2) is 0 Å². The van der Waals surface area contributed by atoms with Crippen molar-refractivity contribution in [3.8, 4) is 11.1 Å². The first-order valence-electron chi connectivity index (χ1n) is 7.33. The molecule has 122 valence electrons. The van der Waals surface area contributed by atoms with Crippen LogP contribution in [0.25, 0.3) is 11.1 Å². The fourth-order valence-electron chi connectivity index (χ4n) is 2.18. The highest BCUT2D eigenvalue weighted by molar-refractivity contribution is 5.80. The highest BCUT2D eigenvalue weighted by Crippen LogP contribution is 2.30. The number of nitrogens with one attached hydrogen (secondary N) is 1. The Bertz CT molecular complexity index is 681. The second-order valence-electron chi connectivity index (χ2n) is 5.53. The van der Waals surface area contributed by atoms with Gasteiger partial charge in [-0.3, -0.25) is 14.8 Å². The van der Waals surface area contributed by atoms with Crippen molar-refractivity contribution in [1.29, 1.82) is 0 Å². The number of hydrogen-bond acceptors (Lipinski definition) is 4. The number of amides is 1. The van der Waals surface area contributed by atoms with Gasteiger partial charge in [0.05, 0.1) is 18.4 Å². The molecule has 1 aliphatic carbocycles. The molecule has 0 atom stereocenters. The minimum Gasteiger partial charge on any atom is -0.281 e. The molecular formula is C15H17F2N5O. The molecule has 1 fully saturated rings. The Labute approximate surface area is 132 Å². The molecule has 3 rings (SSSR count). The van der Waals surface area contributed by atoms with E-state index in [0.29, 0.717) is 22.4 Å². The predicted octanol–water partition coefficient (Wildman–Crippen LogP) is 2.21. The van der Waals surface area contributed by atoms with Crippen LogP contribution in [-0.2, 0) is 11.3 Å². The van der Waals surface area contributed by atoms with Gasteiger partial charge in [-0.1, -0.05) is 6.07 Å². The number of hydrogen-bond donors (Lipinski definition) is 1. The molecule has 23 heavy (non-hydrogen) atoms. The van der Waals surface area contributed by atoms with Gasteiger partial charge in [0, 0.05) is 36.5 Å². The van der Waals surface area contributed by atoms with Crippen LogP contribution in [-0.4, -0.2) is 32.7 Å². The maximum atomic E-state index is 12.5. The molecule has 1 N–H and O–H groups in total. The lowest BCUT2D eigenvalue weighted by atomic mass is 10.1. The summed E-state index contributed by atoms with van der Waals surface area (Å²) in [4.78, 5) is 16.1. The molecule has 0 saturated heterocycles. The van der Waals surface area contributed by atoms with Crippen molar-refractivity contribution >= 4 is 5.91 Å². The minimum atomic E-state index is -2.65. The number of halogens is 2. The standard InChI is InChI=1S/C15H17F2N5O/c1-21(14(23)10-2-3-10)19-8-13-5-4-11(6-18-13)12-7-20-22(9-12)15(16)17/h4-7,9-10,15,19H,2-3,8H2,1H3. The Balaban J connectivity index is 1.59. The Hall–Kier alpha value is -2.35. The second kappa shape index (κ2) is 6.41. The third kappa shape index (κ3) is 3.70. The lowest BCUT2D eigenvalue weighted by molar-refractivity contribution is -0.134. The molecule has 0 spiro atoms. The summed E-state index contributed by atoms with van der Waals surface area (Å²) in [5, 5.41) is 5.10. The van der Waals surface area contributed by atoms with E-state index in [1.54, 1.807) is 25.4 Å². The van der Waals surface area contributed by atoms with Crippen molar-refractivity contribution in [2.75, 3.05) is 7.05 Å². The highest BCUT2D eigenvalue weighted by Gasteiger charge is 2.31. The van der Waals surface area contributed by atoms with Gasteiger partial charge < -0.3 is 0 Å². The van der Waals surface area contributed by atoms with E-state index in [-0.39, 0.29) is 11.8 Å². The van der Waals surface area contributed by atoms with Gasteiger partial charge in [-0.15, -0.1) is 0 Å². The Morgan fingerprint density at radius 3 is 2.74 bits per heavy atom. The molecule has 6 nitrogen and oxygen atoms in total. The molecule has 0 aromatic carbocycles. The zero-order valence-electron chi connectivity index (χ0n) is 12.6. The molecule has 2 heterocycles. The normalized spacial score (nSPS) is 14.3. The summed E-state index contributed by atoms with van der Waals surface area (Å²) in [6.07, 6.45) is 6.19. The molecule has 0 bridgehead atoms. The van der Waals surface area contributed by atoms with Crippen LogP contribution in [0.5, 0.6) is 0 Å². The summed E-state index contributed by atoms with van der Waals surface area (Å²) in [7, 11) is 1.70. The first-order valence-corrected chi connectivity index (χ1v) is 7.33. The van der Waals surface area contributed by atoms with Crippen LogP contribution in [0.2, 0.25) is 0 Å². The summed E-state index contributed by atoms with van der Waals surface area (Å²) < 4.78 is 25.6. The van der Waals surface area contributed by atoms with Crippen LogP contribution >= 0.6 is 0 Å². The van der Waals surface area contributed by atoms with E-state index in [9.17, 15) is 13.6 Å². The topological polar surface area (TPSA) is 63.1 Å². The Morgan fingerprint density at radius 2 is 2.17 bits per heavy atom. The fourth-order valence-corrected chi connectivity index (χ4v) is 2.18. The molecule has 1 amide bonds. The second-order valence-corrected chi connectivity index (χ2v) is 5.53. The minimum absolute atomic E-state index is 0.0982. The summed E-state index contributed by atoms with van der Waals surface area (Å²) >= 11 is 0. The number of aromatic nitrogens is 3. The van der Waals surface area contributed by atoms with Crippen LogP contribution < -0.4 is 5.43 Å². The number of carbonyl (C=O) groups excluding carboxylic acids is 1. The quantitative estimate of drug-likeness (QED) is 0.829. The van der Waals surface area contributed by atoms with E-state index >= 15 is 0 Å². The van der Waals surface area contributed by atoms with Crippen molar-refractivity contribution in [1.82, 2.24) is 25.2 Å². The van der Waals surface area contributed by atoms with Gasteiger partial charge >= 0.3 is 6.55 Å². The number of nitrogens with zero attached hydrogens (tertiary/aromatic N) is 4. The number of pyridine rings is 1. The summed E-state index contributed by atoms with van der Waals surface area (Å²) in [6, 6.07) is 3.58. The van der Waals surface area contributed by atoms with Crippen LogP contribution in [0.1, 0.15) is 25.1 Å². The van der Waals surface area contributed by atoms with Crippen molar-refractivity contribution < 1.29 is 13.6 Å². The van der Waals surface area contributed by atoms with E-state index in [4.69, 9.17) is 0 Å². The third-order valence-electron chi connectivity index (χ3n) is 3.71. The van der Waals surface area contributed by atoms with Crippen LogP contribution in [0.15, 0.2) is 30.7 Å². The average Bonchev–Trinajstić information content (AvgIpc) is 3.28. The summed E-state index contributed by atoms with van der Waals surface area (Å²) in [5.74, 6) is 0.259. The SMILES string of the molecule is CN(NCc1ccc(-c2cnn(C(F)F)c2)cn1)C(=O)C1CC1. The van der Waals surface area contributed by atoms with Crippen molar-refractivity contribution in [2.24, 2.45) is 5.92 Å². The lowest BCUT2D eigenvalue weighted by Crippen LogP contribution is -2.40. The zero-order valence-corrected chi connectivity index (χ0v) is 12.6. The molecule has 2 aromatic rings. The highest BCUT2D eigenvalue weighted by atomic mass is 19.3. The molecular weight excluding hydrogens is 304 g/mol. The molecule has 1 aliphatic rings. The van der Waals surface area contributed by atoms with Gasteiger partial charge in [-0.2, -0.15) is 13.9 Å². The third-order valence-corrected chi connectivity index (χ3v) is 3.71. The van der Waals surface area contributed by atoms with Crippen molar-refractivity contribution in [2.45, 2.75) is 25.9 Å². The lowest BCUT2D eigenvalue weighted by Gasteiger charge is -2.17. The van der Waals surface area contributed by atoms with E-state index in [1.807, 2.05) is 0 Å². The van der Waals surface area contributed by atoms with Gasteiger partial charge in [0.2, 0.25) is 5.91 Å². The van der Waals surface area contributed by atoms with Crippen LogP contribution in [0.3, 0.4) is 0 Å². The summed E-state index contributed by atoms with van der Waals surface area (Å²) in [6.45, 7) is -2.23. The molecule has 8 heteroatoms. The van der Waals surface area contributed by atoms with Gasteiger partial charge in [0.25, 0.3) is 0 Å². The monoisotopic (exact) mass is 321 g/mol. The first-order chi connectivity index (χ1) is 11.0. The number of carbonyl (C=O) groups is 1. The van der Waals surface area contributed by atoms with Gasteiger partial charge in [-0.25, -0.2) is 10.1 Å². The maximum Gasteiger partial charge on any atom is 0.333 e. The van der Waals surface area contributed by atoms with E-state index in [0.717, 1.165) is 18.5 Å². The zero-order chi connectivity index (χ0) is 16.4. The molecule has 0 radical (unpaired) electrons. The number of hydrazine groups is 1. The predicted molar refractivity (Wildman–Crippen MR) is 79.0 cm³/mol. The van der Waals surface area contributed by atoms with Gasteiger partial charge in [-0.05, 0) is 18.9 Å². The number of alkyl halides is 2. The van der Waals surface area contributed by atoms with Crippen LogP contribution in [0, 0.1) is 5.92 Å². The Kier molecular flexibility index (Phi) is 4.33. The molecule has 0 aliphatic heterocycles. The van der Waals surface area contributed by atoms with E-state index in [1.165, 1.54) is 17.4 Å². The maximum absolute atomic E-state index is 12.5. The average molecular weight is 321 g/mol. The van der Waals surface area contributed by atoms with Crippen LogP contribution in [0.4, 0.5) is 8.78 Å². The Morgan fingerprint density at radius 1 is 1.39 bits per heavy atom. The molecule has 2 aromatic heterocycles. The smallest absolute Gasteiger partial charge is 0.281 e. The first kappa shape index (κ1) is 15.5. The van der Waals surface area contributed by atoms with Crippen molar-refractivity contribution in [3.63, 3.8) is 0 Å². The largest absolute Gasteiger partial charge is 0.333 e. The molecule has 1 saturated carbocycles. The number of rotatable bonds is 6. The van der Waals surface area contributed by atoms with E-state index in [2.05, 4.69) is 15.5 Å². The van der Waals surface area contributed by atoms with Crippen molar-refractivity contribution in [3.05, 3.63) is 36.4 Å². The van der Waals surface area contributed by atoms with E-state index < -0.39 is 6.55 Å².